The zero-order valence-electron chi connectivity index (χ0n) is 12.1. The maximum Gasteiger partial charge on any atom is 0.242 e. The largest absolute Gasteiger partial charge is 0.488 e. The Balaban J connectivity index is 1.55. The van der Waals surface area contributed by atoms with Crippen LogP contribution in [0.5, 0.6) is 5.75 Å². The van der Waals surface area contributed by atoms with Crippen LogP contribution in [0.4, 0.5) is 0 Å². The summed E-state index contributed by atoms with van der Waals surface area (Å²) in [6.07, 6.45) is 0.783. The van der Waals surface area contributed by atoms with E-state index in [0.717, 1.165) is 6.42 Å². The quantitative estimate of drug-likeness (QED) is 0.910. The van der Waals surface area contributed by atoms with Gasteiger partial charge in [-0.2, -0.15) is 0 Å². The van der Waals surface area contributed by atoms with Crippen molar-refractivity contribution in [3.8, 4) is 5.75 Å². The molecule has 1 aromatic carbocycles. The van der Waals surface area contributed by atoms with Crippen LogP contribution in [-0.2, 0) is 9.53 Å². The molecule has 2 aliphatic heterocycles. The fourth-order valence-corrected chi connectivity index (χ4v) is 3.00. The lowest BCUT2D eigenvalue weighted by molar-refractivity contribution is -0.135. The van der Waals surface area contributed by atoms with Gasteiger partial charge in [0.15, 0.2) is 0 Å². The number of nitrogens with zero attached hydrogens (tertiary/aromatic N) is 1. The normalized spacial score (nSPS) is 25.3. The van der Waals surface area contributed by atoms with Crippen LogP contribution in [0.15, 0.2) is 18.2 Å². The summed E-state index contributed by atoms with van der Waals surface area (Å²) in [6.45, 7) is 3.09. The van der Waals surface area contributed by atoms with E-state index in [2.05, 4.69) is 5.32 Å². The van der Waals surface area contributed by atoms with Crippen molar-refractivity contribution >= 4 is 29.1 Å². The summed E-state index contributed by atoms with van der Waals surface area (Å²) >= 11 is 11.9. The zero-order valence-corrected chi connectivity index (χ0v) is 13.6. The number of halogens is 2. The second-order valence-electron chi connectivity index (χ2n) is 5.47. The summed E-state index contributed by atoms with van der Waals surface area (Å²) in [5, 5.41) is 4.15. The molecule has 0 unspecified atom stereocenters. The van der Waals surface area contributed by atoms with Crippen LogP contribution in [0, 0.1) is 0 Å². The topological polar surface area (TPSA) is 50.8 Å². The fraction of sp³-hybridized carbons (Fsp3) is 0.533. The smallest absolute Gasteiger partial charge is 0.242 e. The highest BCUT2D eigenvalue weighted by molar-refractivity contribution is 6.42. The van der Waals surface area contributed by atoms with Crippen molar-refractivity contribution in [1.82, 2.24) is 10.2 Å². The van der Waals surface area contributed by atoms with Gasteiger partial charge < -0.3 is 19.7 Å². The van der Waals surface area contributed by atoms with E-state index in [1.54, 1.807) is 18.2 Å². The molecular weight excluding hydrogens is 327 g/mol. The molecule has 2 fully saturated rings. The molecule has 22 heavy (non-hydrogen) atoms. The number of likely N-dealkylation sites (tertiary alicyclic amines) is 1. The highest BCUT2D eigenvalue weighted by Gasteiger charge is 2.32. The van der Waals surface area contributed by atoms with Gasteiger partial charge in [-0.25, -0.2) is 0 Å². The number of morpholine rings is 1. The Morgan fingerprint density at radius 3 is 2.95 bits per heavy atom. The van der Waals surface area contributed by atoms with Crippen molar-refractivity contribution in [1.29, 1.82) is 0 Å². The van der Waals surface area contributed by atoms with Gasteiger partial charge in [0.25, 0.3) is 0 Å². The Morgan fingerprint density at radius 2 is 2.23 bits per heavy atom. The molecular formula is C15H18Cl2N2O3. The van der Waals surface area contributed by atoms with Crippen molar-refractivity contribution in [3.05, 3.63) is 28.2 Å². The zero-order chi connectivity index (χ0) is 15.5. The van der Waals surface area contributed by atoms with E-state index < -0.39 is 0 Å². The summed E-state index contributed by atoms with van der Waals surface area (Å²) in [6, 6.07) is 4.96. The number of rotatable bonds is 3. The summed E-state index contributed by atoms with van der Waals surface area (Å²) < 4.78 is 11.2. The molecule has 1 N–H and O–H groups in total. The third-order valence-electron chi connectivity index (χ3n) is 3.87. The van der Waals surface area contributed by atoms with Crippen molar-refractivity contribution in [2.75, 3.05) is 32.8 Å². The average molecular weight is 345 g/mol. The first kappa shape index (κ1) is 15.9. The molecule has 0 radical (unpaired) electrons. The Bertz CT molecular complexity index is 550. The van der Waals surface area contributed by atoms with Gasteiger partial charge in [0, 0.05) is 25.6 Å². The maximum atomic E-state index is 12.4. The lowest BCUT2D eigenvalue weighted by Gasteiger charge is -2.27. The van der Waals surface area contributed by atoms with Crippen LogP contribution >= 0.6 is 23.2 Å². The van der Waals surface area contributed by atoms with Crippen molar-refractivity contribution in [2.45, 2.75) is 18.6 Å². The van der Waals surface area contributed by atoms with E-state index in [1.807, 2.05) is 4.90 Å². The van der Waals surface area contributed by atoms with Gasteiger partial charge in [-0.15, -0.1) is 0 Å². The Kier molecular flexibility index (Phi) is 5.08. The van der Waals surface area contributed by atoms with Gasteiger partial charge in [0.05, 0.1) is 29.8 Å². The van der Waals surface area contributed by atoms with E-state index in [4.69, 9.17) is 32.7 Å². The molecule has 0 spiro atoms. The Hall–Kier alpha value is -1.01. The van der Waals surface area contributed by atoms with Crippen LogP contribution in [0.2, 0.25) is 10.0 Å². The Morgan fingerprint density at radius 1 is 1.36 bits per heavy atom. The third kappa shape index (κ3) is 3.66. The number of nitrogens with one attached hydrogen (secondary N) is 1. The minimum absolute atomic E-state index is 0.0225. The summed E-state index contributed by atoms with van der Waals surface area (Å²) in [5.41, 5.74) is 0. The summed E-state index contributed by atoms with van der Waals surface area (Å²) in [7, 11) is 0. The first-order valence-electron chi connectivity index (χ1n) is 7.35. The molecule has 2 aliphatic rings. The lowest BCUT2D eigenvalue weighted by atomic mass is 10.2. The number of carbonyl (C=O) groups excluding carboxylic acids is 1. The molecule has 1 amide bonds. The standard InChI is InChI=1S/C15H18Cl2N2O3/c16-12-2-1-10(7-13(12)17)22-11-3-5-19(8-11)15(20)14-9-21-6-4-18-14/h1-2,7,11,14,18H,3-6,8-9H2/t11-,14-/m1/s1. The van der Waals surface area contributed by atoms with E-state index >= 15 is 0 Å². The highest BCUT2D eigenvalue weighted by Crippen LogP contribution is 2.28. The van der Waals surface area contributed by atoms with Gasteiger partial charge in [-0.1, -0.05) is 23.2 Å². The number of ether oxygens (including phenoxy) is 2. The molecule has 0 bridgehead atoms. The monoisotopic (exact) mass is 344 g/mol. The fourth-order valence-electron chi connectivity index (χ4n) is 2.71. The number of amides is 1. The summed E-state index contributed by atoms with van der Waals surface area (Å²) in [5.74, 6) is 0.757. The molecule has 2 atom stereocenters. The number of hydrogen-bond acceptors (Lipinski definition) is 4. The molecule has 2 saturated heterocycles. The maximum absolute atomic E-state index is 12.4. The molecule has 0 saturated carbocycles. The third-order valence-corrected chi connectivity index (χ3v) is 4.61. The number of benzene rings is 1. The minimum atomic E-state index is -0.238. The van der Waals surface area contributed by atoms with Crippen LogP contribution < -0.4 is 10.1 Å². The first-order valence-corrected chi connectivity index (χ1v) is 8.10. The molecule has 0 aliphatic carbocycles. The van der Waals surface area contributed by atoms with E-state index in [-0.39, 0.29) is 18.1 Å². The van der Waals surface area contributed by atoms with Gasteiger partial charge in [-0.3, -0.25) is 4.79 Å². The Labute approximate surface area is 139 Å². The van der Waals surface area contributed by atoms with E-state index in [1.165, 1.54) is 0 Å². The minimum Gasteiger partial charge on any atom is -0.488 e. The van der Waals surface area contributed by atoms with Crippen LogP contribution in [0.25, 0.3) is 0 Å². The van der Waals surface area contributed by atoms with E-state index in [9.17, 15) is 4.79 Å². The highest BCUT2D eigenvalue weighted by atomic mass is 35.5. The molecule has 1 aromatic rings. The van der Waals surface area contributed by atoms with Crippen LogP contribution in [0.3, 0.4) is 0 Å². The van der Waals surface area contributed by atoms with Crippen LogP contribution in [-0.4, -0.2) is 55.8 Å². The van der Waals surface area contributed by atoms with Crippen LogP contribution in [0.1, 0.15) is 6.42 Å². The molecule has 2 heterocycles. The average Bonchev–Trinajstić information content (AvgIpc) is 2.99. The molecule has 5 nitrogen and oxygen atoms in total. The first-order chi connectivity index (χ1) is 10.6. The van der Waals surface area contributed by atoms with Crippen molar-refractivity contribution in [3.63, 3.8) is 0 Å². The molecule has 0 aromatic heterocycles. The van der Waals surface area contributed by atoms with Crippen molar-refractivity contribution < 1.29 is 14.3 Å². The number of hydrogen-bond donors (Lipinski definition) is 1. The predicted octanol–water partition coefficient (Wildman–Crippen LogP) is 1.96. The van der Waals surface area contributed by atoms with Crippen molar-refractivity contribution in [2.24, 2.45) is 0 Å². The number of carbonyl (C=O) groups is 1. The lowest BCUT2D eigenvalue weighted by Crippen LogP contribution is -2.52. The summed E-state index contributed by atoms with van der Waals surface area (Å²) in [4.78, 5) is 14.2. The predicted molar refractivity (Wildman–Crippen MR) is 84.7 cm³/mol. The second kappa shape index (κ2) is 7.04. The van der Waals surface area contributed by atoms with Gasteiger partial charge >= 0.3 is 0 Å². The molecule has 120 valence electrons. The molecule has 7 heteroatoms. The van der Waals surface area contributed by atoms with Gasteiger partial charge in [0.1, 0.15) is 17.9 Å². The SMILES string of the molecule is O=C([C@H]1COCCN1)N1CC[C@@H](Oc2ccc(Cl)c(Cl)c2)C1. The molecule has 3 rings (SSSR count). The van der Waals surface area contributed by atoms with Gasteiger partial charge in [-0.05, 0) is 12.1 Å². The van der Waals surface area contributed by atoms with E-state index in [0.29, 0.717) is 48.6 Å². The van der Waals surface area contributed by atoms with Gasteiger partial charge in [0.2, 0.25) is 5.91 Å². The second-order valence-corrected chi connectivity index (χ2v) is 6.28.